The molecule has 0 saturated carbocycles. The minimum atomic E-state index is -3.84. The first-order valence-electron chi connectivity index (χ1n) is 20.7. The van der Waals surface area contributed by atoms with Gasteiger partial charge in [0.1, 0.15) is 0 Å². The molecule has 2 aliphatic carbocycles. The number of rotatable bonds is 16. The van der Waals surface area contributed by atoms with Gasteiger partial charge in [0.25, 0.3) is 0 Å². The summed E-state index contributed by atoms with van der Waals surface area (Å²) in [5.41, 5.74) is 17.2. The fraction of sp³-hybridized carbons (Fsp3) is 0.200. The average molecular weight is 831 g/mol. The van der Waals surface area contributed by atoms with Crippen molar-refractivity contribution in [2.75, 3.05) is 24.1 Å². The number of fused-ring (bicyclic) bond motifs is 6. The number of ether oxygens (including phenoxy) is 2. The van der Waals surface area contributed by atoms with Gasteiger partial charge in [0.15, 0.2) is 0 Å². The van der Waals surface area contributed by atoms with Crippen molar-refractivity contribution in [1.82, 2.24) is 0 Å². The van der Waals surface area contributed by atoms with Crippen LogP contribution < -0.4 is 10.9 Å². The molecule has 10 nitrogen and oxygen atoms in total. The second-order valence-electron chi connectivity index (χ2n) is 15.0. The monoisotopic (exact) mass is 830 g/mol. The van der Waals surface area contributed by atoms with Gasteiger partial charge in [-0.1, -0.05) is 100 Å². The summed E-state index contributed by atoms with van der Waals surface area (Å²) >= 11 is 0. The molecule has 0 radical (unpaired) electrons. The maximum atomic E-state index is 13.7. The van der Waals surface area contributed by atoms with E-state index in [4.69, 9.17) is 19.7 Å². The molecule has 0 bridgehead atoms. The molecular weight excluding hydrogens is 785 g/mol. The summed E-state index contributed by atoms with van der Waals surface area (Å²) < 4.78 is 38.4. The summed E-state index contributed by atoms with van der Waals surface area (Å²) in [6, 6.07) is 39.7. The number of sulfone groups is 1. The van der Waals surface area contributed by atoms with E-state index in [-0.39, 0.29) is 21.7 Å². The first kappa shape index (κ1) is 40.9. The lowest BCUT2D eigenvalue weighted by molar-refractivity contribution is 0.0489. The van der Waals surface area contributed by atoms with E-state index in [1.807, 2.05) is 72.8 Å². The Morgan fingerprint density at radius 1 is 0.475 bits per heavy atom. The number of hydrogen-bond acceptors (Lipinski definition) is 10. The lowest BCUT2D eigenvalue weighted by Crippen LogP contribution is -2.07. The zero-order chi connectivity index (χ0) is 42.3. The van der Waals surface area contributed by atoms with Crippen molar-refractivity contribution >= 4 is 44.6 Å². The number of unbranched alkanes of at least 4 members (excludes halogenated alkanes) is 4. The van der Waals surface area contributed by atoms with Gasteiger partial charge in [0.05, 0.1) is 56.9 Å². The Morgan fingerprint density at radius 3 is 1.25 bits per heavy atom. The Bertz CT molecular complexity index is 2590. The average Bonchev–Trinajstić information content (AvgIpc) is 3.79. The highest BCUT2D eigenvalue weighted by molar-refractivity contribution is 7.91. The Kier molecular flexibility index (Phi) is 12.2. The molecule has 6 aromatic carbocycles. The molecule has 0 fully saturated rings. The van der Waals surface area contributed by atoms with Crippen LogP contribution in [-0.4, -0.2) is 45.0 Å². The van der Waals surface area contributed by atoms with Crippen molar-refractivity contribution in [1.29, 1.82) is 0 Å². The molecule has 0 unspecified atom stereocenters. The summed E-state index contributed by atoms with van der Waals surface area (Å²) in [5.74, 6) is -0.687. The summed E-state index contributed by atoms with van der Waals surface area (Å²) in [6.07, 6.45) is 5.80. The van der Waals surface area contributed by atoms with Crippen LogP contribution >= 0.6 is 0 Å². The molecule has 8 rings (SSSR count). The van der Waals surface area contributed by atoms with E-state index >= 15 is 0 Å². The second-order valence-corrected chi connectivity index (χ2v) is 16.9. The van der Waals surface area contributed by atoms with Crippen LogP contribution in [-0.2, 0) is 19.3 Å². The van der Waals surface area contributed by atoms with Crippen molar-refractivity contribution in [2.24, 2.45) is 10.2 Å². The third-order valence-electron chi connectivity index (χ3n) is 10.9. The molecule has 2 N–H and O–H groups in total. The highest BCUT2D eigenvalue weighted by atomic mass is 32.2. The van der Waals surface area contributed by atoms with Crippen molar-refractivity contribution in [3.63, 3.8) is 0 Å². The van der Waals surface area contributed by atoms with Gasteiger partial charge in [-0.2, -0.15) is 10.2 Å². The number of nitrogens with one attached hydrogen (secondary N) is 2. The van der Waals surface area contributed by atoms with Crippen LogP contribution in [0.15, 0.2) is 153 Å². The SMILES string of the molecule is CCCCCOC(=O)c1ccc2c(c1)-c1ccccc1/C2=N\Nc1ccc(S(=O)(=O)c2ccc(N/N=C3\c4ccccc4-c4cc(C(=O)OCCCCC)ccc43)cc2)cc1. The van der Waals surface area contributed by atoms with E-state index in [9.17, 15) is 18.0 Å². The molecule has 0 heterocycles. The number of carbonyl (C=O) groups excluding carboxylic acids is 2. The predicted octanol–water partition coefficient (Wildman–Crippen LogP) is 10.9. The van der Waals surface area contributed by atoms with E-state index in [0.29, 0.717) is 35.7 Å². The van der Waals surface area contributed by atoms with Gasteiger partial charge >= 0.3 is 11.9 Å². The van der Waals surface area contributed by atoms with Crippen LogP contribution in [0.5, 0.6) is 0 Å². The van der Waals surface area contributed by atoms with Gasteiger partial charge < -0.3 is 9.47 Å². The third kappa shape index (κ3) is 8.60. The predicted molar refractivity (Wildman–Crippen MR) is 240 cm³/mol. The third-order valence-corrected chi connectivity index (χ3v) is 12.6. The summed E-state index contributed by atoms with van der Waals surface area (Å²) in [5, 5.41) is 9.48. The van der Waals surface area contributed by atoms with Gasteiger partial charge in [-0.3, -0.25) is 10.9 Å². The number of hydrazone groups is 2. The maximum absolute atomic E-state index is 13.7. The molecule has 0 aromatic heterocycles. The number of benzene rings is 6. The van der Waals surface area contributed by atoms with Gasteiger partial charge in [-0.05, 0) is 108 Å². The Hall–Kier alpha value is -6.85. The number of hydrogen-bond donors (Lipinski definition) is 2. The lowest BCUT2D eigenvalue weighted by Gasteiger charge is -2.09. The quantitative estimate of drug-likeness (QED) is 0.0558. The first-order chi connectivity index (χ1) is 29.8. The van der Waals surface area contributed by atoms with E-state index in [0.717, 1.165) is 94.5 Å². The normalized spacial score (nSPS) is 13.6. The molecule has 0 aliphatic heterocycles. The molecule has 6 aromatic rings. The molecular formula is C50H46N4O6S. The summed E-state index contributed by atoms with van der Waals surface area (Å²) in [6.45, 7) is 5.01. The molecule has 61 heavy (non-hydrogen) atoms. The minimum Gasteiger partial charge on any atom is -0.462 e. The van der Waals surface area contributed by atoms with Gasteiger partial charge in [-0.15, -0.1) is 0 Å². The fourth-order valence-corrected chi connectivity index (χ4v) is 8.84. The Labute approximate surface area is 356 Å². The standard InChI is InChI=1S/C50H46N4O6S/c1-3-5-11-29-59-49(55)33-17-27-43-45(31-33)39-13-7-9-15-41(39)47(43)53-51-35-19-23-37(24-20-35)61(57,58)38-25-21-36(22-26-38)52-54-48-42-16-10-8-14-40(42)46-32-34(18-28-44(46)48)50(56)60-30-12-6-4-2/h7-10,13-28,31-32,51-52H,3-6,11-12,29-30H2,1-2H3/b53-47+,54-48+. The number of anilines is 2. The molecule has 0 spiro atoms. The highest BCUT2D eigenvalue weighted by Crippen LogP contribution is 2.39. The van der Waals surface area contributed by atoms with E-state index in [1.165, 1.54) is 0 Å². The number of esters is 2. The highest BCUT2D eigenvalue weighted by Gasteiger charge is 2.28. The van der Waals surface area contributed by atoms with Gasteiger partial charge in [0, 0.05) is 22.3 Å². The largest absolute Gasteiger partial charge is 0.462 e. The van der Waals surface area contributed by atoms with Gasteiger partial charge in [-0.25, -0.2) is 18.0 Å². The molecule has 308 valence electrons. The summed E-state index contributed by atoms with van der Waals surface area (Å²) in [7, 11) is -3.84. The van der Waals surface area contributed by atoms with Crippen molar-refractivity contribution in [3.8, 4) is 22.3 Å². The van der Waals surface area contributed by atoms with E-state index < -0.39 is 9.84 Å². The zero-order valence-corrected chi connectivity index (χ0v) is 34.9. The molecule has 2 aliphatic rings. The van der Waals surface area contributed by atoms with Crippen LogP contribution in [0.3, 0.4) is 0 Å². The maximum Gasteiger partial charge on any atom is 0.338 e. The minimum absolute atomic E-state index is 0.140. The van der Waals surface area contributed by atoms with Crippen molar-refractivity contribution in [3.05, 3.63) is 167 Å². The van der Waals surface area contributed by atoms with Crippen molar-refractivity contribution < 1.29 is 27.5 Å². The van der Waals surface area contributed by atoms with Crippen LogP contribution in [0.25, 0.3) is 22.3 Å². The van der Waals surface area contributed by atoms with Gasteiger partial charge in [0.2, 0.25) is 9.84 Å². The number of carbonyl (C=O) groups is 2. The molecule has 0 saturated heterocycles. The van der Waals surface area contributed by atoms with Crippen LogP contribution in [0.2, 0.25) is 0 Å². The number of nitrogens with zero attached hydrogens (tertiary/aromatic N) is 2. The van der Waals surface area contributed by atoms with Crippen LogP contribution in [0.4, 0.5) is 11.4 Å². The van der Waals surface area contributed by atoms with Crippen molar-refractivity contribution in [2.45, 2.75) is 62.2 Å². The molecule has 0 atom stereocenters. The molecule has 11 heteroatoms. The Balaban J connectivity index is 0.943. The van der Waals surface area contributed by atoms with Crippen LogP contribution in [0.1, 0.15) is 95.3 Å². The fourth-order valence-electron chi connectivity index (χ4n) is 7.58. The summed E-state index contributed by atoms with van der Waals surface area (Å²) in [4.78, 5) is 25.8. The topological polar surface area (TPSA) is 136 Å². The first-order valence-corrected chi connectivity index (χ1v) is 22.2. The van der Waals surface area contributed by atoms with Crippen LogP contribution in [0, 0.1) is 0 Å². The molecule has 0 amide bonds. The zero-order valence-electron chi connectivity index (χ0n) is 34.1. The lowest BCUT2D eigenvalue weighted by atomic mass is 10.0. The smallest absolute Gasteiger partial charge is 0.338 e. The second kappa shape index (κ2) is 18.2. The van der Waals surface area contributed by atoms with E-state index in [2.05, 4.69) is 24.7 Å². The van der Waals surface area contributed by atoms with E-state index in [1.54, 1.807) is 60.7 Å². The Morgan fingerprint density at radius 2 is 0.852 bits per heavy atom.